The highest BCUT2D eigenvalue weighted by atomic mass is 31.2. The number of rotatable bonds is 7. The molecule has 162 valence electrons. The van der Waals surface area contributed by atoms with Gasteiger partial charge in [-0.3, -0.25) is 9.05 Å². The normalized spacial score (nSPS) is 24.9. The average molecular weight is 442 g/mol. The number of carbonyl (C=O) groups is 2. The molecule has 0 radical (unpaired) electrons. The Kier molecular flexibility index (Phi) is 8.55. The second kappa shape index (κ2) is 10.0. The van der Waals surface area contributed by atoms with Gasteiger partial charge < -0.3 is 27.6 Å². The van der Waals surface area contributed by atoms with E-state index in [1.807, 2.05) is 27.7 Å². The van der Waals surface area contributed by atoms with Crippen molar-refractivity contribution >= 4 is 29.1 Å². The monoisotopic (exact) mass is 442 g/mol. The third kappa shape index (κ3) is 6.82. The quantitative estimate of drug-likeness (QED) is 0.431. The van der Waals surface area contributed by atoms with Gasteiger partial charge >= 0.3 is 29.1 Å². The predicted molar refractivity (Wildman–Crippen MR) is 99.0 cm³/mol. The molecule has 0 amide bonds. The van der Waals surface area contributed by atoms with Gasteiger partial charge in [-0.25, -0.2) is 9.59 Å². The van der Waals surface area contributed by atoms with Gasteiger partial charge in [-0.2, -0.15) is 0 Å². The maximum atomic E-state index is 12.3. The van der Waals surface area contributed by atoms with Crippen LogP contribution in [0.15, 0.2) is 0 Å². The zero-order valence-corrected chi connectivity index (χ0v) is 18.7. The van der Waals surface area contributed by atoms with Crippen LogP contribution in [0.1, 0.15) is 27.7 Å². The molecule has 2 aliphatic rings. The van der Waals surface area contributed by atoms with Gasteiger partial charge in [0.05, 0.1) is 40.6 Å². The molecule has 2 saturated heterocycles. The summed E-state index contributed by atoms with van der Waals surface area (Å²) in [6.07, 6.45) is -2.93. The van der Waals surface area contributed by atoms with E-state index < -0.39 is 41.4 Å². The zero-order valence-electron chi connectivity index (χ0n) is 17.0. The average Bonchev–Trinajstić information content (AvgIpc) is 2.65. The molecule has 0 aliphatic carbocycles. The highest BCUT2D eigenvalue weighted by Crippen LogP contribution is 2.51. The summed E-state index contributed by atoms with van der Waals surface area (Å²) in [6.45, 7) is 9.40. The summed E-state index contributed by atoms with van der Waals surface area (Å²) in [6, 6.07) is 0. The fraction of sp³-hybridized carbons (Fsp3) is 0.875. The Morgan fingerprint density at radius 1 is 0.714 bits per heavy atom. The molecule has 2 rings (SSSR count). The first-order chi connectivity index (χ1) is 13.1. The minimum Gasteiger partial charge on any atom is -0.467 e. The summed E-state index contributed by atoms with van der Waals surface area (Å²) in [4.78, 5) is 24.6. The van der Waals surface area contributed by atoms with Crippen molar-refractivity contribution in [1.29, 1.82) is 0 Å². The Bertz CT molecular complexity index is 488. The molecular weight excluding hydrogens is 414 g/mol. The molecule has 2 aliphatic heterocycles. The highest BCUT2D eigenvalue weighted by Gasteiger charge is 2.45. The molecule has 10 nitrogen and oxygen atoms in total. The largest absolute Gasteiger partial charge is 0.467 e. The summed E-state index contributed by atoms with van der Waals surface area (Å²) < 4.78 is 43.0. The molecule has 0 aromatic carbocycles. The highest BCUT2D eigenvalue weighted by molar-refractivity contribution is 7.42. The molecule has 0 saturated carbocycles. The van der Waals surface area contributed by atoms with Crippen molar-refractivity contribution < 1.29 is 46.2 Å². The second-order valence-corrected chi connectivity index (χ2v) is 10.3. The van der Waals surface area contributed by atoms with E-state index >= 15 is 0 Å². The van der Waals surface area contributed by atoms with Crippen LogP contribution in [-0.2, 0) is 46.2 Å². The van der Waals surface area contributed by atoms with Crippen molar-refractivity contribution in [2.24, 2.45) is 10.8 Å². The topological polar surface area (TPSA) is 108 Å². The Balaban J connectivity index is 2.09. The molecule has 0 N–H and O–H groups in total. The minimum absolute atomic E-state index is 0.180. The van der Waals surface area contributed by atoms with Crippen LogP contribution in [0, 0.1) is 10.8 Å². The van der Waals surface area contributed by atoms with Crippen molar-refractivity contribution in [3.8, 4) is 0 Å². The van der Waals surface area contributed by atoms with Crippen LogP contribution in [0.5, 0.6) is 0 Å². The molecule has 2 fully saturated rings. The van der Waals surface area contributed by atoms with Gasteiger partial charge in [0.1, 0.15) is 0 Å². The van der Waals surface area contributed by atoms with E-state index in [-0.39, 0.29) is 10.8 Å². The van der Waals surface area contributed by atoms with E-state index in [0.717, 1.165) is 0 Å². The first kappa shape index (κ1) is 23.8. The smallest absolute Gasteiger partial charge is 0.338 e. The molecule has 2 atom stereocenters. The number of methoxy groups -OCH3 is 2. The zero-order chi connectivity index (χ0) is 20.9. The second-order valence-electron chi connectivity index (χ2n) is 7.97. The molecule has 2 heterocycles. The van der Waals surface area contributed by atoms with Crippen molar-refractivity contribution in [1.82, 2.24) is 0 Å². The van der Waals surface area contributed by atoms with Crippen molar-refractivity contribution in [3.63, 3.8) is 0 Å². The van der Waals surface area contributed by atoms with Gasteiger partial charge in [0.25, 0.3) is 0 Å². The van der Waals surface area contributed by atoms with Crippen LogP contribution in [0.4, 0.5) is 0 Å². The van der Waals surface area contributed by atoms with Gasteiger partial charge in [-0.15, -0.1) is 0 Å². The number of ether oxygens (including phenoxy) is 2. The maximum Gasteiger partial charge on any atom is 0.338 e. The third-order valence-electron chi connectivity index (χ3n) is 3.78. The number of hydrogen-bond donors (Lipinski definition) is 0. The Morgan fingerprint density at radius 2 is 1.00 bits per heavy atom. The number of carbonyl (C=O) groups excluding carboxylic acids is 2. The van der Waals surface area contributed by atoms with E-state index in [1.165, 1.54) is 14.2 Å². The molecule has 0 aromatic heterocycles. The summed E-state index contributed by atoms with van der Waals surface area (Å²) in [5.74, 6) is -1.66. The first-order valence-electron chi connectivity index (χ1n) is 8.68. The van der Waals surface area contributed by atoms with Crippen molar-refractivity contribution in [2.45, 2.75) is 39.9 Å². The summed E-state index contributed by atoms with van der Waals surface area (Å²) in [5, 5.41) is 0. The van der Waals surface area contributed by atoms with Crippen LogP contribution < -0.4 is 0 Å². The third-order valence-corrected chi connectivity index (χ3v) is 5.94. The summed E-state index contributed by atoms with van der Waals surface area (Å²) in [7, 11) is -1.40. The fourth-order valence-electron chi connectivity index (χ4n) is 2.05. The lowest BCUT2D eigenvalue weighted by Crippen LogP contribution is -2.44. The molecule has 0 unspecified atom stereocenters. The molecular formula is C16H28O10P2. The van der Waals surface area contributed by atoms with Crippen molar-refractivity contribution in [2.75, 3.05) is 40.6 Å². The van der Waals surface area contributed by atoms with Gasteiger partial charge in [0.15, 0.2) is 0 Å². The van der Waals surface area contributed by atoms with Crippen LogP contribution in [0.25, 0.3) is 0 Å². The van der Waals surface area contributed by atoms with E-state index in [0.29, 0.717) is 26.4 Å². The van der Waals surface area contributed by atoms with E-state index in [9.17, 15) is 9.59 Å². The predicted octanol–water partition coefficient (Wildman–Crippen LogP) is 2.70. The molecule has 0 bridgehead atoms. The van der Waals surface area contributed by atoms with E-state index in [1.54, 1.807) is 0 Å². The maximum absolute atomic E-state index is 12.3. The first-order valence-corrected chi connectivity index (χ1v) is 10.9. The standard InChI is InChI=1S/C16H28O10P2/c1-15(2)7-21-27(22-8-15)25-11(13(17)19-5)12(14(18)20-6)26-28-23-9-16(3,4)10-24-28/h11-12H,7-10H2,1-6H3/t11-,12-/m1/s1. The Labute approximate surface area is 167 Å². The van der Waals surface area contributed by atoms with Crippen LogP contribution in [0.2, 0.25) is 0 Å². The van der Waals surface area contributed by atoms with Crippen LogP contribution in [-0.4, -0.2) is 64.8 Å². The number of hydrogen-bond acceptors (Lipinski definition) is 10. The Morgan fingerprint density at radius 3 is 1.25 bits per heavy atom. The molecule has 12 heteroatoms. The fourth-order valence-corrected chi connectivity index (χ4v) is 5.03. The summed E-state index contributed by atoms with van der Waals surface area (Å²) in [5.41, 5.74) is -0.359. The number of esters is 2. The minimum atomic E-state index is -1.87. The van der Waals surface area contributed by atoms with Crippen molar-refractivity contribution in [3.05, 3.63) is 0 Å². The van der Waals surface area contributed by atoms with E-state index in [2.05, 4.69) is 0 Å². The lowest BCUT2D eigenvalue weighted by Gasteiger charge is -2.36. The van der Waals surface area contributed by atoms with E-state index in [4.69, 9.17) is 36.6 Å². The lowest BCUT2D eigenvalue weighted by atomic mass is 9.97. The summed E-state index contributed by atoms with van der Waals surface area (Å²) >= 11 is 0. The SMILES string of the molecule is COC(=O)[C@H](OP1OCC(C)(C)CO1)[C@@H](OP1OCC(C)(C)CO1)C(=O)OC. The molecule has 0 aromatic rings. The van der Waals surface area contributed by atoms with Crippen LogP contribution >= 0.6 is 17.2 Å². The van der Waals surface area contributed by atoms with Gasteiger partial charge in [-0.1, -0.05) is 27.7 Å². The van der Waals surface area contributed by atoms with Gasteiger partial charge in [0.2, 0.25) is 12.2 Å². The lowest BCUT2D eigenvalue weighted by molar-refractivity contribution is -0.168. The molecule has 28 heavy (non-hydrogen) atoms. The van der Waals surface area contributed by atoms with Gasteiger partial charge in [-0.05, 0) is 0 Å². The van der Waals surface area contributed by atoms with Gasteiger partial charge in [0, 0.05) is 10.8 Å². The molecule has 0 spiro atoms. The Hall–Kier alpha value is -0.440. The van der Waals surface area contributed by atoms with Crippen LogP contribution in [0.3, 0.4) is 0 Å².